The number of piperidine rings is 1. The number of alkyl halides is 2. The van der Waals surface area contributed by atoms with Gasteiger partial charge in [-0.2, -0.15) is 9.97 Å². The Balaban J connectivity index is 1.21. The lowest BCUT2D eigenvalue weighted by molar-refractivity contribution is -0.0124. The van der Waals surface area contributed by atoms with Gasteiger partial charge in [-0.1, -0.05) is 25.3 Å². The predicted octanol–water partition coefficient (Wildman–Crippen LogP) is 6.31. The number of aromatic hydroxyl groups is 1. The fourth-order valence-electron chi connectivity index (χ4n) is 8.98. The Bertz CT molecular complexity index is 2110. The van der Waals surface area contributed by atoms with Crippen LogP contribution in [0.5, 0.6) is 11.8 Å². The third kappa shape index (κ3) is 5.89. The van der Waals surface area contributed by atoms with Gasteiger partial charge in [-0.15, -0.1) is 6.42 Å². The number of halogens is 4. The van der Waals surface area contributed by atoms with Crippen LogP contribution in [0.3, 0.4) is 0 Å². The van der Waals surface area contributed by atoms with Gasteiger partial charge in [0.15, 0.2) is 5.82 Å². The number of hydrogen-bond acceptors (Lipinski definition) is 9. The third-order valence-electron chi connectivity index (χ3n) is 11.8. The van der Waals surface area contributed by atoms with E-state index in [4.69, 9.17) is 20.9 Å². The van der Waals surface area contributed by atoms with Crippen LogP contribution in [0, 0.1) is 41.2 Å². The maximum Gasteiger partial charge on any atom is 0.319 e. The van der Waals surface area contributed by atoms with Gasteiger partial charge in [-0.05, 0) is 62.7 Å². The van der Waals surface area contributed by atoms with E-state index in [1.54, 1.807) is 18.7 Å². The smallest absolute Gasteiger partial charge is 0.319 e. The van der Waals surface area contributed by atoms with Gasteiger partial charge >= 0.3 is 6.01 Å². The van der Waals surface area contributed by atoms with E-state index in [-0.39, 0.29) is 88.5 Å². The number of nitrogens with zero attached hydrogens (tertiary/aromatic N) is 5. The first-order valence-corrected chi connectivity index (χ1v) is 17.9. The molecule has 2 aromatic heterocycles. The zero-order valence-corrected chi connectivity index (χ0v) is 29.1. The lowest BCUT2D eigenvalue weighted by Gasteiger charge is -2.46. The Morgan fingerprint density at radius 2 is 1.92 bits per heavy atom. The number of anilines is 1. The molecule has 2 aromatic carbocycles. The van der Waals surface area contributed by atoms with Crippen LogP contribution in [0.1, 0.15) is 51.5 Å². The molecule has 2 saturated carbocycles. The van der Waals surface area contributed by atoms with Gasteiger partial charge in [0, 0.05) is 53.5 Å². The largest absolute Gasteiger partial charge is 0.508 e. The minimum atomic E-state index is -2.63. The summed E-state index contributed by atoms with van der Waals surface area (Å²) in [6.07, 6.45) is 11.5. The first kappa shape index (κ1) is 34.8. The summed E-state index contributed by atoms with van der Waals surface area (Å²) in [5, 5.41) is 22.5. The van der Waals surface area contributed by atoms with E-state index in [1.165, 1.54) is 30.5 Å². The number of likely N-dealkylation sites (tertiary alicyclic amines) is 1. The van der Waals surface area contributed by atoms with Crippen LogP contribution >= 0.6 is 0 Å². The van der Waals surface area contributed by atoms with Crippen LogP contribution in [0.2, 0.25) is 0 Å². The number of fused-ring (bicyclic) bond motifs is 3. The number of phenolic OH excluding ortho intramolecular Hbond substituents is 1. The van der Waals surface area contributed by atoms with Crippen molar-refractivity contribution in [2.75, 3.05) is 50.9 Å². The molecular formula is C39H41F4N5O4. The normalized spacial score (nSPS) is 28.8. The van der Waals surface area contributed by atoms with Crippen LogP contribution in [0.25, 0.3) is 32.9 Å². The number of benzene rings is 2. The summed E-state index contributed by atoms with van der Waals surface area (Å²) < 4.78 is 72.6. The number of aromatic nitrogens is 3. The van der Waals surface area contributed by atoms with Crippen molar-refractivity contribution in [2.24, 2.45) is 17.3 Å². The molecule has 4 aliphatic rings. The van der Waals surface area contributed by atoms with E-state index >= 15 is 4.39 Å². The molecule has 5 atom stereocenters. The summed E-state index contributed by atoms with van der Waals surface area (Å²) in [5.41, 5.74) is -1.89. The topological polar surface area (TPSA) is 104 Å². The van der Waals surface area contributed by atoms with Crippen molar-refractivity contribution in [3.8, 4) is 35.4 Å². The maximum absolute atomic E-state index is 17.0. The first-order chi connectivity index (χ1) is 24.8. The average molecular weight is 720 g/mol. The fourth-order valence-corrected chi connectivity index (χ4v) is 8.98. The molecule has 0 radical (unpaired) electrons. The lowest BCUT2D eigenvalue weighted by atomic mass is 9.75. The number of pyridine rings is 1. The number of aliphatic hydroxyl groups is 1. The molecule has 274 valence electrons. The Morgan fingerprint density at radius 3 is 2.69 bits per heavy atom. The van der Waals surface area contributed by atoms with Gasteiger partial charge in [-0.3, -0.25) is 9.88 Å². The molecule has 2 aliphatic heterocycles. The van der Waals surface area contributed by atoms with E-state index in [1.807, 2.05) is 0 Å². The second-order valence-electron chi connectivity index (χ2n) is 15.4. The summed E-state index contributed by atoms with van der Waals surface area (Å²) >= 11 is 0. The van der Waals surface area contributed by atoms with Crippen LogP contribution in [-0.4, -0.2) is 93.6 Å². The zero-order valence-electron chi connectivity index (χ0n) is 29.1. The van der Waals surface area contributed by atoms with Crippen LogP contribution in [-0.2, 0) is 4.74 Å². The molecule has 4 heterocycles. The molecule has 4 aromatic rings. The predicted molar refractivity (Wildman–Crippen MR) is 187 cm³/mol. The molecule has 1 unspecified atom stereocenters. The van der Waals surface area contributed by atoms with Gasteiger partial charge in [-0.25, -0.2) is 17.6 Å². The number of rotatable bonds is 7. The summed E-state index contributed by atoms with van der Waals surface area (Å²) in [5.74, 6) is -2.99. The van der Waals surface area contributed by atoms with Crippen LogP contribution in [0.15, 0.2) is 30.5 Å². The molecule has 13 heteroatoms. The van der Waals surface area contributed by atoms with Crippen LogP contribution in [0.4, 0.5) is 23.4 Å². The van der Waals surface area contributed by atoms with Crippen molar-refractivity contribution in [2.45, 2.75) is 63.5 Å². The number of ether oxygens (including phenoxy) is 2. The SMILES string of the molecule is C#Cc1c(F)ccc2cc(O)cc(-c3ncc4c(N5CCOC[C@@](C)(O)C5)nc(OC[C@]56CCC[C@H]5N(CC5[C@@H](C)C5(F)F)CCC6)nc4c3F)c12. The molecular weight excluding hydrogens is 678 g/mol. The van der Waals surface area contributed by atoms with Crippen molar-refractivity contribution in [1.29, 1.82) is 0 Å². The average Bonchev–Trinajstić information content (AvgIpc) is 3.39. The minimum absolute atomic E-state index is 0.0694. The summed E-state index contributed by atoms with van der Waals surface area (Å²) in [7, 11) is 0. The molecule has 2 N–H and O–H groups in total. The molecule has 52 heavy (non-hydrogen) atoms. The summed E-state index contributed by atoms with van der Waals surface area (Å²) in [6.45, 7) is 5.41. The minimum Gasteiger partial charge on any atom is -0.508 e. The second-order valence-corrected chi connectivity index (χ2v) is 15.4. The molecule has 4 fully saturated rings. The summed E-state index contributed by atoms with van der Waals surface area (Å²) in [4.78, 5) is 17.8. The Labute approximate surface area is 299 Å². The van der Waals surface area contributed by atoms with Gasteiger partial charge in [0.05, 0.1) is 37.3 Å². The van der Waals surface area contributed by atoms with Gasteiger partial charge < -0.3 is 24.6 Å². The van der Waals surface area contributed by atoms with E-state index in [9.17, 15) is 23.4 Å². The van der Waals surface area contributed by atoms with E-state index < -0.39 is 35.0 Å². The molecule has 2 saturated heterocycles. The Kier molecular flexibility index (Phi) is 8.51. The quantitative estimate of drug-likeness (QED) is 0.168. The monoisotopic (exact) mass is 719 g/mol. The van der Waals surface area contributed by atoms with Crippen molar-refractivity contribution in [3.63, 3.8) is 0 Å². The Hall–Kier alpha value is -4.25. The van der Waals surface area contributed by atoms with Gasteiger partial charge in [0.1, 0.15) is 34.2 Å². The van der Waals surface area contributed by atoms with E-state index in [0.29, 0.717) is 18.5 Å². The second kappa shape index (κ2) is 12.7. The summed E-state index contributed by atoms with van der Waals surface area (Å²) in [6, 6.07) is 5.33. The molecule has 8 rings (SSSR count). The number of phenols is 1. The highest BCUT2D eigenvalue weighted by molar-refractivity contribution is 6.03. The highest BCUT2D eigenvalue weighted by atomic mass is 19.3. The number of β-amino-alcohol motifs (C(OH)–C–C–N with tert-alkyl or cyclic N) is 1. The van der Waals surface area contributed by atoms with E-state index in [0.717, 1.165) is 38.6 Å². The number of terminal acetylenes is 1. The van der Waals surface area contributed by atoms with Crippen molar-refractivity contribution < 1.29 is 37.2 Å². The van der Waals surface area contributed by atoms with Crippen molar-refractivity contribution in [1.82, 2.24) is 19.9 Å². The maximum atomic E-state index is 17.0. The van der Waals surface area contributed by atoms with Crippen molar-refractivity contribution >= 4 is 27.5 Å². The standard InChI is InChI=1S/C39H41F4N5O4/c1-4-25-29(40)9-8-23-15-24(49)16-26(31(23)25)33-32(41)34-27(17-44-33)35(48-13-14-51-20-37(3,50)19-48)46-36(45-34)52-21-38-10-5-7-30(38)47(12-6-11-38)18-28-22(2)39(28,42)43/h1,8-9,15-17,22,28,30,49-50H,5-7,10-14,18-21H2,2-3H3/t22-,28?,30-,37+,38-/m1/s1. The first-order valence-electron chi connectivity index (χ1n) is 17.9. The van der Waals surface area contributed by atoms with E-state index in [2.05, 4.69) is 20.8 Å². The van der Waals surface area contributed by atoms with Crippen LogP contribution < -0.4 is 9.64 Å². The van der Waals surface area contributed by atoms with Gasteiger partial charge in [0.2, 0.25) is 0 Å². The lowest BCUT2D eigenvalue weighted by Crippen LogP contribution is -2.52. The molecule has 0 amide bonds. The molecule has 0 spiro atoms. The molecule has 9 nitrogen and oxygen atoms in total. The molecule has 2 aliphatic carbocycles. The van der Waals surface area contributed by atoms with Crippen molar-refractivity contribution in [3.05, 3.63) is 47.7 Å². The zero-order chi connectivity index (χ0) is 36.6. The highest BCUT2D eigenvalue weighted by Gasteiger charge is 2.66. The molecule has 0 bridgehead atoms. The van der Waals surface area contributed by atoms with Gasteiger partial charge in [0.25, 0.3) is 5.92 Å². The highest BCUT2D eigenvalue weighted by Crippen LogP contribution is 2.57. The fraction of sp³-hybridized carbons (Fsp3) is 0.513. The Morgan fingerprint density at radius 1 is 1.13 bits per heavy atom. The number of hydrogen-bond donors (Lipinski definition) is 2. The third-order valence-corrected chi connectivity index (χ3v) is 11.8.